The number of benzene rings is 1. The smallest absolute Gasteiger partial charge is 0.325 e. The molecule has 3 N–H and O–H groups in total. The Morgan fingerprint density at radius 1 is 1.37 bits per heavy atom. The van der Waals surface area contributed by atoms with Crippen molar-refractivity contribution in [3.05, 3.63) is 24.3 Å². The van der Waals surface area contributed by atoms with Crippen molar-refractivity contribution in [1.82, 2.24) is 10.2 Å². The minimum Gasteiger partial charge on any atom is -0.397 e. The molecule has 0 spiro atoms. The van der Waals surface area contributed by atoms with Gasteiger partial charge in [0, 0.05) is 19.6 Å². The van der Waals surface area contributed by atoms with Gasteiger partial charge in [0.2, 0.25) is 5.91 Å². The van der Waals surface area contributed by atoms with Crippen LogP contribution in [0.4, 0.5) is 16.2 Å². The summed E-state index contributed by atoms with van der Waals surface area (Å²) >= 11 is 0. The molecule has 1 aliphatic heterocycles. The van der Waals surface area contributed by atoms with Crippen LogP contribution < -0.4 is 16.0 Å². The van der Waals surface area contributed by atoms with Crippen molar-refractivity contribution in [3.63, 3.8) is 0 Å². The number of para-hydroxylation sites is 2. The first-order chi connectivity index (χ1) is 9.13. The molecule has 0 aliphatic carbocycles. The normalized spacial score (nSPS) is 14.9. The molecule has 0 aromatic heterocycles. The van der Waals surface area contributed by atoms with Gasteiger partial charge >= 0.3 is 6.03 Å². The third kappa shape index (κ3) is 2.78. The lowest BCUT2D eigenvalue weighted by Crippen LogP contribution is -2.40. The molecule has 2 rings (SSSR count). The Balaban J connectivity index is 2.06. The predicted octanol–water partition coefficient (Wildman–Crippen LogP) is 0.647. The molecule has 1 saturated heterocycles. The molecule has 3 amide bonds. The second-order valence-corrected chi connectivity index (χ2v) is 4.37. The van der Waals surface area contributed by atoms with E-state index in [9.17, 15) is 9.59 Å². The molecule has 19 heavy (non-hydrogen) atoms. The Hall–Kier alpha value is -2.24. The number of likely N-dealkylation sites (N-methyl/N-ethyl adjacent to an activating group) is 1. The lowest BCUT2D eigenvalue weighted by atomic mass is 10.2. The van der Waals surface area contributed by atoms with Gasteiger partial charge in [0.25, 0.3) is 0 Å². The van der Waals surface area contributed by atoms with Crippen LogP contribution in [0.3, 0.4) is 0 Å². The summed E-state index contributed by atoms with van der Waals surface area (Å²) in [6.07, 6.45) is 0. The van der Waals surface area contributed by atoms with Gasteiger partial charge in [-0.3, -0.25) is 9.69 Å². The highest BCUT2D eigenvalue weighted by Gasteiger charge is 2.31. The van der Waals surface area contributed by atoms with E-state index in [4.69, 9.17) is 5.73 Å². The van der Waals surface area contributed by atoms with Crippen molar-refractivity contribution in [3.8, 4) is 0 Å². The SMILES string of the molecule is CCNC(=O)CN1CCN(c2ccccc2N)C1=O. The van der Waals surface area contributed by atoms with E-state index in [0.29, 0.717) is 31.0 Å². The summed E-state index contributed by atoms with van der Waals surface area (Å²) in [7, 11) is 0. The Morgan fingerprint density at radius 3 is 2.79 bits per heavy atom. The number of nitrogen functional groups attached to an aromatic ring is 1. The van der Waals surface area contributed by atoms with Crippen LogP contribution in [0, 0.1) is 0 Å². The molecule has 1 aliphatic rings. The zero-order valence-corrected chi connectivity index (χ0v) is 10.9. The Kier molecular flexibility index (Phi) is 3.89. The molecular weight excluding hydrogens is 244 g/mol. The van der Waals surface area contributed by atoms with E-state index in [1.807, 2.05) is 25.1 Å². The van der Waals surface area contributed by atoms with Crippen LogP contribution in [0.5, 0.6) is 0 Å². The Bertz CT molecular complexity index is 489. The summed E-state index contributed by atoms with van der Waals surface area (Å²) in [6, 6.07) is 7.05. The maximum absolute atomic E-state index is 12.2. The molecule has 0 radical (unpaired) electrons. The van der Waals surface area contributed by atoms with Crippen molar-refractivity contribution in [2.45, 2.75) is 6.92 Å². The monoisotopic (exact) mass is 262 g/mol. The molecule has 1 fully saturated rings. The molecule has 1 aromatic carbocycles. The van der Waals surface area contributed by atoms with Crippen LogP contribution in [0.2, 0.25) is 0 Å². The van der Waals surface area contributed by atoms with Crippen LogP contribution in [-0.4, -0.2) is 43.0 Å². The van der Waals surface area contributed by atoms with E-state index in [2.05, 4.69) is 5.32 Å². The molecule has 0 bridgehead atoms. The lowest BCUT2D eigenvalue weighted by molar-refractivity contribution is -0.121. The number of carbonyl (C=O) groups is 2. The number of nitrogens with one attached hydrogen (secondary N) is 1. The number of rotatable bonds is 4. The summed E-state index contributed by atoms with van der Waals surface area (Å²) < 4.78 is 0. The first-order valence-corrected chi connectivity index (χ1v) is 6.31. The molecule has 6 heteroatoms. The highest BCUT2D eigenvalue weighted by molar-refractivity contribution is 5.98. The fraction of sp³-hybridized carbons (Fsp3) is 0.385. The zero-order valence-electron chi connectivity index (χ0n) is 10.9. The number of carbonyl (C=O) groups excluding carboxylic acids is 2. The molecule has 0 saturated carbocycles. The van der Waals surface area contributed by atoms with Gasteiger partial charge in [0.1, 0.15) is 6.54 Å². The van der Waals surface area contributed by atoms with Gasteiger partial charge in [-0.15, -0.1) is 0 Å². The van der Waals surface area contributed by atoms with Gasteiger partial charge < -0.3 is 16.0 Å². The molecule has 0 unspecified atom stereocenters. The van der Waals surface area contributed by atoms with E-state index >= 15 is 0 Å². The first-order valence-electron chi connectivity index (χ1n) is 6.31. The quantitative estimate of drug-likeness (QED) is 0.782. The van der Waals surface area contributed by atoms with E-state index in [-0.39, 0.29) is 18.5 Å². The predicted molar refractivity (Wildman–Crippen MR) is 73.9 cm³/mol. The van der Waals surface area contributed by atoms with Crippen molar-refractivity contribution in [2.24, 2.45) is 0 Å². The minimum absolute atomic E-state index is 0.0932. The molecule has 6 nitrogen and oxygen atoms in total. The van der Waals surface area contributed by atoms with Crippen LogP contribution in [0.15, 0.2) is 24.3 Å². The van der Waals surface area contributed by atoms with Crippen LogP contribution in [0.1, 0.15) is 6.92 Å². The van der Waals surface area contributed by atoms with Crippen LogP contribution in [0.25, 0.3) is 0 Å². The highest BCUT2D eigenvalue weighted by Crippen LogP contribution is 2.25. The number of amides is 3. The van der Waals surface area contributed by atoms with Crippen LogP contribution in [-0.2, 0) is 4.79 Å². The Morgan fingerprint density at radius 2 is 2.11 bits per heavy atom. The summed E-state index contributed by atoms with van der Waals surface area (Å²) in [4.78, 5) is 26.9. The van der Waals surface area contributed by atoms with Gasteiger partial charge in [-0.1, -0.05) is 12.1 Å². The van der Waals surface area contributed by atoms with Gasteiger partial charge in [-0.2, -0.15) is 0 Å². The standard InChI is InChI=1S/C13H18N4O2/c1-2-15-12(18)9-16-7-8-17(13(16)19)11-6-4-3-5-10(11)14/h3-6H,2,7-9,14H2,1H3,(H,15,18). The molecular formula is C13H18N4O2. The number of hydrogen-bond acceptors (Lipinski definition) is 3. The van der Waals surface area contributed by atoms with Crippen molar-refractivity contribution >= 4 is 23.3 Å². The summed E-state index contributed by atoms with van der Waals surface area (Å²) in [5.41, 5.74) is 7.13. The third-order valence-corrected chi connectivity index (χ3v) is 3.03. The maximum Gasteiger partial charge on any atom is 0.325 e. The fourth-order valence-electron chi connectivity index (χ4n) is 2.11. The number of nitrogens with two attached hydrogens (primary N) is 1. The average molecular weight is 262 g/mol. The van der Waals surface area contributed by atoms with E-state index in [1.54, 1.807) is 11.0 Å². The summed E-state index contributed by atoms with van der Waals surface area (Å²) in [5.74, 6) is -0.140. The van der Waals surface area contributed by atoms with Gasteiger partial charge in [-0.05, 0) is 19.1 Å². The highest BCUT2D eigenvalue weighted by atomic mass is 16.2. The van der Waals surface area contributed by atoms with E-state index < -0.39 is 0 Å². The number of urea groups is 1. The second-order valence-electron chi connectivity index (χ2n) is 4.37. The first kappa shape index (κ1) is 13.2. The number of hydrogen-bond donors (Lipinski definition) is 2. The zero-order chi connectivity index (χ0) is 13.8. The minimum atomic E-state index is -0.177. The molecule has 102 valence electrons. The van der Waals surface area contributed by atoms with E-state index in [1.165, 1.54) is 4.90 Å². The number of anilines is 2. The third-order valence-electron chi connectivity index (χ3n) is 3.03. The molecule has 1 heterocycles. The fourth-order valence-corrected chi connectivity index (χ4v) is 2.11. The second kappa shape index (κ2) is 5.60. The van der Waals surface area contributed by atoms with Crippen molar-refractivity contribution < 1.29 is 9.59 Å². The number of nitrogens with zero attached hydrogens (tertiary/aromatic N) is 2. The van der Waals surface area contributed by atoms with Gasteiger partial charge in [-0.25, -0.2) is 4.79 Å². The van der Waals surface area contributed by atoms with Crippen molar-refractivity contribution in [1.29, 1.82) is 0 Å². The van der Waals surface area contributed by atoms with Crippen LogP contribution >= 0.6 is 0 Å². The van der Waals surface area contributed by atoms with Gasteiger partial charge in [0.05, 0.1) is 11.4 Å². The molecule has 1 aromatic rings. The molecule has 0 atom stereocenters. The average Bonchev–Trinajstić information content (AvgIpc) is 2.72. The lowest BCUT2D eigenvalue weighted by Gasteiger charge is -2.19. The maximum atomic E-state index is 12.2. The largest absolute Gasteiger partial charge is 0.397 e. The van der Waals surface area contributed by atoms with E-state index in [0.717, 1.165) is 0 Å². The summed E-state index contributed by atoms with van der Waals surface area (Å²) in [5, 5.41) is 2.68. The summed E-state index contributed by atoms with van der Waals surface area (Å²) in [6.45, 7) is 3.59. The van der Waals surface area contributed by atoms with Crippen molar-refractivity contribution in [2.75, 3.05) is 36.8 Å². The Labute approximate surface area is 112 Å². The topological polar surface area (TPSA) is 78.7 Å². The van der Waals surface area contributed by atoms with Gasteiger partial charge in [0.15, 0.2) is 0 Å².